The fourth-order valence-electron chi connectivity index (χ4n) is 8.98. The van der Waals surface area contributed by atoms with Gasteiger partial charge in [0.1, 0.15) is 11.4 Å². The number of carbonyl (C=O) groups is 2. The van der Waals surface area contributed by atoms with E-state index >= 15 is 0 Å². The second-order valence-corrected chi connectivity index (χ2v) is 20.5. The lowest BCUT2D eigenvalue weighted by Crippen LogP contribution is -2.53. The number of nitrogens with one attached hydrogen (secondary N) is 4. The molecule has 2 unspecified atom stereocenters. The molecule has 12 nitrogen and oxygen atoms in total. The Kier molecular flexibility index (Phi) is 12.0. The van der Waals surface area contributed by atoms with Gasteiger partial charge < -0.3 is 30.4 Å². The molecule has 2 amide bonds. The van der Waals surface area contributed by atoms with Gasteiger partial charge in [-0.15, -0.1) is 0 Å². The Labute approximate surface area is 351 Å². The number of amides is 2. The Morgan fingerprint density at radius 3 is 1.60 bits per heavy atom. The summed E-state index contributed by atoms with van der Waals surface area (Å²) >= 11 is 0. The molecule has 0 aliphatic carbocycles. The van der Waals surface area contributed by atoms with E-state index in [1.807, 2.05) is 123 Å². The largest absolute Gasteiger partial charge is 0.351 e. The van der Waals surface area contributed by atoms with Gasteiger partial charge in [0.15, 0.2) is 19.7 Å². The maximum absolute atomic E-state index is 14.0. The lowest BCUT2D eigenvalue weighted by atomic mass is 10.0. The third kappa shape index (κ3) is 9.36. The van der Waals surface area contributed by atoms with Gasteiger partial charge in [-0.2, -0.15) is 0 Å². The summed E-state index contributed by atoms with van der Waals surface area (Å²) in [6, 6.07) is 33.8. The first-order valence-electron chi connectivity index (χ1n) is 20.7. The van der Waals surface area contributed by atoms with E-state index in [1.165, 1.54) is 0 Å². The van der Waals surface area contributed by atoms with Gasteiger partial charge in [-0.1, -0.05) is 78.9 Å². The molecule has 4 heterocycles. The highest BCUT2D eigenvalue weighted by Crippen LogP contribution is 2.28. The van der Waals surface area contributed by atoms with Crippen LogP contribution < -0.4 is 10.6 Å². The third-order valence-corrected chi connectivity index (χ3v) is 15.5. The number of nitrogens with zero attached hydrogens (tertiary/aromatic N) is 2. The van der Waals surface area contributed by atoms with Gasteiger partial charge in [-0.3, -0.25) is 9.59 Å². The monoisotopic (exact) mass is 848 g/mol. The lowest BCUT2D eigenvalue weighted by molar-refractivity contribution is 0.0673. The van der Waals surface area contributed by atoms with Crippen molar-refractivity contribution in [1.82, 2.24) is 30.4 Å². The highest BCUT2D eigenvalue weighted by Gasteiger charge is 2.38. The molecule has 6 aromatic rings. The number of hydrogen-bond donors (Lipinski definition) is 4. The number of aromatic nitrogens is 2. The number of sulfone groups is 2. The van der Waals surface area contributed by atoms with Gasteiger partial charge in [-0.25, -0.2) is 16.8 Å². The number of para-hydroxylation sites is 1. The first kappa shape index (κ1) is 41.5. The average molecular weight is 849 g/mol. The van der Waals surface area contributed by atoms with Crippen molar-refractivity contribution in [2.75, 3.05) is 36.1 Å². The zero-order valence-corrected chi connectivity index (χ0v) is 35.6. The van der Waals surface area contributed by atoms with Crippen LogP contribution in [0.3, 0.4) is 0 Å². The molecule has 314 valence electrons. The van der Waals surface area contributed by atoms with Crippen molar-refractivity contribution < 1.29 is 26.4 Å². The molecule has 4 N–H and O–H groups in total. The number of benzene rings is 4. The standard InChI is InChI=1S/C46H52N6O6S2/c1-3-51(45(53)43-21-35-12-8-9-13-41(35)49-43)39-24-38(28-60(57,58)29-39)48-26-32-14-16-33(17-15-32)34-18-19-42-36(20-34)22-44(50-42)46(54)52(4-2)40-23-37(27-59(55,56)30-40)47-25-31-10-6-5-7-11-31/h5-22,37-40,47-50H,3-4,23-30H2,1-2H3/t37-,38?,39?,40-/m1/s1. The minimum atomic E-state index is -3.40. The van der Waals surface area contributed by atoms with Crippen LogP contribution in [0.15, 0.2) is 109 Å². The topological polar surface area (TPSA) is 165 Å². The summed E-state index contributed by atoms with van der Waals surface area (Å²) in [5.41, 5.74) is 6.57. The van der Waals surface area contributed by atoms with E-state index in [-0.39, 0.29) is 46.9 Å². The maximum Gasteiger partial charge on any atom is 0.270 e. The van der Waals surface area contributed by atoms with Crippen molar-refractivity contribution in [3.63, 3.8) is 0 Å². The highest BCUT2D eigenvalue weighted by molar-refractivity contribution is 7.91. The second kappa shape index (κ2) is 17.4. The molecule has 0 radical (unpaired) electrons. The zero-order valence-electron chi connectivity index (χ0n) is 33.9. The Morgan fingerprint density at radius 2 is 1.05 bits per heavy atom. The molecule has 60 heavy (non-hydrogen) atoms. The number of hydrogen-bond acceptors (Lipinski definition) is 8. The molecule has 8 rings (SSSR count). The van der Waals surface area contributed by atoms with Crippen LogP contribution in [0.25, 0.3) is 32.9 Å². The fourth-order valence-corrected chi connectivity index (χ4v) is 12.8. The van der Waals surface area contributed by atoms with Gasteiger partial charge in [0.05, 0.1) is 23.0 Å². The molecular weight excluding hydrogens is 797 g/mol. The predicted molar refractivity (Wildman–Crippen MR) is 237 cm³/mol. The average Bonchev–Trinajstić information content (AvgIpc) is 3.87. The summed E-state index contributed by atoms with van der Waals surface area (Å²) in [5.74, 6) is -0.478. The molecule has 0 bridgehead atoms. The number of fused-ring (bicyclic) bond motifs is 2. The summed E-state index contributed by atoms with van der Waals surface area (Å²) in [5, 5.41) is 8.66. The normalized spacial score (nSPS) is 21.2. The molecule has 0 spiro atoms. The Hall–Kier alpha value is -5.28. The van der Waals surface area contributed by atoms with E-state index in [2.05, 4.69) is 20.6 Å². The SMILES string of the molecule is CCN(C(=O)c1cc2ccccc2[nH]1)C1CC(NCc2ccc(-c3ccc4[nH]c(C(=O)N(CC)[C@@H]5C[C@@H](NCc6ccccc6)CS(=O)(=O)C5)cc4c3)cc2)CS(=O)(=O)C1. The Bertz CT molecular complexity index is 2680. The molecule has 0 saturated carbocycles. The molecule has 14 heteroatoms. The van der Waals surface area contributed by atoms with Crippen LogP contribution in [-0.4, -0.2) is 109 Å². The molecule has 2 aliphatic rings. The van der Waals surface area contributed by atoms with Gasteiger partial charge in [0, 0.05) is 72.2 Å². The van der Waals surface area contributed by atoms with Crippen LogP contribution in [0.1, 0.15) is 58.8 Å². The quantitative estimate of drug-likeness (QED) is 0.111. The van der Waals surface area contributed by atoms with Gasteiger partial charge >= 0.3 is 0 Å². The Balaban J connectivity index is 0.901. The number of aromatic amines is 2. The van der Waals surface area contributed by atoms with Crippen LogP contribution in [0.2, 0.25) is 0 Å². The highest BCUT2D eigenvalue weighted by atomic mass is 32.2. The Morgan fingerprint density at radius 1 is 0.567 bits per heavy atom. The first-order chi connectivity index (χ1) is 28.9. The van der Waals surface area contributed by atoms with Crippen molar-refractivity contribution in [2.24, 2.45) is 0 Å². The molecule has 2 aromatic heterocycles. The maximum atomic E-state index is 14.0. The summed E-state index contributed by atoms with van der Waals surface area (Å²) in [6.45, 7) is 5.57. The van der Waals surface area contributed by atoms with E-state index in [4.69, 9.17) is 0 Å². The molecular formula is C46H52N6O6S2. The van der Waals surface area contributed by atoms with Crippen LogP contribution in [0.4, 0.5) is 0 Å². The molecule has 2 fully saturated rings. The predicted octanol–water partition coefficient (Wildman–Crippen LogP) is 5.93. The zero-order chi connectivity index (χ0) is 42.0. The van der Waals surface area contributed by atoms with Crippen LogP contribution in [-0.2, 0) is 32.8 Å². The number of H-pyrrole nitrogens is 2. The number of carbonyl (C=O) groups excluding carboxylic acids is 2. The first-order valence-corrected chi connectivity index (χ1v) is 24.3. The second-order valence-electron chi connectivity index (χ2n) is 16.2. The van der Waals surface area contributed by atoms with Crippen LogP contribution in [0.5, 0.6) is 0 Å². The van der Waals surface area contributed by atoms with E-state index in [0.29, 0.717) is 50.4 Å². The molecule has 2 saturated heterocycles. The van der Waals surface area contributed by atoms with Crippen LogP contribution >= 0.6 is 0 Å². The summed E-state index contributed by atoms with van der Waals surface area (Å²) in [4.78, 5) is 37.4. The van der Waals surface area contributed by atoms with E-state index in [9.17, 15) is 26.4 Å². The smallest absolute Gasteiger partial charge is 0.270 e. The van der Waals surface area contributed by atoms with Crippen LogP contribution in [0, 0.1) is 0 Å². The summed E-state index contributed by atoms with van der Waals surface area (Å²) in [7, 11) is -6.76. The molecule has 2 aliphatic heterocycles. The van der Waals surface area contributed by atoms with Gasteiger partial charge in [0.25, 0.3) is 11.8 Å². The van der Waals surface area contributed by atoms with Gasteiger partial charge in [-0.05, 0) is 79.3 Å². The van der Waals surface area contributed by atoms with Crippen molar-refractivity contribution in [3.8, 4) is 11.1 Å². The fraction of sp³-hybridized carbons (Fsp3) is 0.348. The van der Waals surface area contributed by atoms with E-state index in [0.717, 1.165) is 44.1 Å². The minimum absolute atomic E-state index is 0.0170. The molecule has 4 aromatic carbocycles. The minimum Gasteiger partial charge on any atom is -0.351 e. The van der Waals surface area contributed by atoms with Crippen molar-refractivity contribution in [1.29, 1.82) is 0 Å². The molecule has 4 atom stereocenters. The lowest BCUT2D eigenvalue weighted by Gasteiger charge is -2.37. The third-order valence-electron chi connectivity index (χ3n) is 11.9. The van der Waals surface area contributed by atoms with Crippen molar-refractivity contribution in [3.05, 3.63) is 132 Å². The van der Waals surface area contributed by atoms with Crippen molar-refractivity contribution in [2.45, 2.75) is 63.9 Å². The summed E-state index contributed by atoms with van der Waals surface area (Å²) in [6.07, 6.45) is 1.08. The summed E-state index contributed by atoms with van der Waals surface area (Å²) < 4.78 is 52.3. The van der Waals surface area contributed by atoms with E-state index in [1.54, 1.807) is 9.80 Å². The van der Waals surface area contributed by atoms with Gasteiger partial charge in [0.2, 0.25) is 0 Å². The number of rotatable bonds is 13. The van der Waals surface area contributed by atoms with Crippen molar-refractivity contribution >= 4 is 53.3 Å². The van der Waals surface area contributed by atoms with E-state index < -0.39 is 31.8 Å².